The second-order valence-corrected chi connectivity index (χ2v) is 5.78. The highest BCUT2D eigenvalue weighted by Crippen LogP contribution is 2.23. The predicted molar refractivity (Wildman–Crippen MR) is 83.9 cm³/mol. The molecule has 0 unspecified atom stereocenters. The molecule has 2 aromatic carbocycles. The van der Waals surface area contributed by atoms with Crippen molar-refractivity contribution in [3.8, 4) is 0 Å². The number of nitrogens with one attached hydrogen (secondary N) is 1. The second-order valence-electron chi connectivity index (χ2n) is 5.34. The molecule has 0 atom stereocenters. The van der Waals surface area contributed by atoms with E-state index in [4.69, 9.17) is 16.4 Å². The average molecular weight is 304 g/mol. The zero-order chi connectivity index (χ0) is 15.3. The van der Waals surface area contributed by atoms with Gasteiger partial charge in [-0.25, -0.2) is 5.48 Å². The van der Waals surface area contributed by atoms with Crippen LogP contribution >= 0.6 is 11.6 Å². The Kier molecular flexibility index (Phi) is 4.99. The van der Waals surface area contributed by atoms with E-state index in [0.29, 0.717) is 5.02 Å². The number of rotatable bonds is 5. The number of hydroxylamine groups is 1. The molecule has 1 N–H and O–H groups in total. The summed E-state index contributed by atoms with van der Waals surface area (Å²) in [6, 6.07) is 16.9. The first-order chi connectivity index (χ1) is 10.00. The van der Waals surface area contributed by atoms with Crippen LogP contribution in [0.15, 0.2) is 54.6 Å². The third kappa shape index (κ3) is 4.06. The van der Waals surface area contributed by atoms with Crippen molar-refractivity contribution in [2.24, 2.45) is 0 Å². The fourth-order valence-corrected chi connectivity index (χ4v) is 2.14. The first kappa shape index (κ1) is 15.5. The summed E-state index contributed by atoms with van der Waals surface area (Å²) < 4.78 is 0. The molecule has 0 bridgehead atoms. The van der Waals surface area contributed by atoms with Crippen molar-refractivity contribution in [1.82, 2.24) is 5.48 Å². The minimum Gasteiger partial charge on any atom is -0.272 e. The van der Waals surface area contributed by atoms with Crippen molar-refractivity contribution in [2.45, 2.75) is 25.9 Å². The Morgan fingerprint density at radius 3 is 2.52 bits per heavy atom. The van der Waals surface area contributed by atoms with E-state index in [0.717, 1.165) is 11.1 Å². The first-order valence-electron chi connectivity index (χ1n) is 6.72. The van der Waals surface area contributed by atoms with Crippen molar-refractivity contribution < 1.29 is 9.63 Å². The Morgan fingerprint density at radius 2 is 1.86 bits per heavy atom. The van der Waals surface area contributed by atoms with Crippen LogP contribution in [0.3, 0.4) is 0 Å². The van der Waals surface area contributed by atoms with Crippen LogP contribution in [0.1, 0.15) is 25.0 Å². The maximum atomic E-state index is 12.3. The van der Waals surface area contributed by atoms with E-state index in [1.54, 1.807) is 12.1 Å². The fourth-order valence-electron chi connectivity index (χ4n) is 1.93. The van der Waals surface area contributed by atoms with Crippen LogP contribution < -0.4 is 5.48 Å². The molecule has 0 heterocycles. The molecular formula is C17H18ClNO2. The van der Waals surface area contributed by atoms with Crippen LogP contribution in [0.5, 0.6) is 0 Å². The lowest BCUT2D eigenvalue weighted by Crippen LogP contribution is -2.39. The fraction of sp³-hybridized carbons (Fsp3) is 0.235. The van der Waals surface area contributed by atoms with Gasteiger partial charge in [0.05, 0.1) is 12.0 Å². The molecule has 0 aliphatic heterocycles. The summed E-state index contributed by atoms with van der Waals surface area (Å²) in [5, 5.41) is 0.645. The Hall–Kier alpha value is -1.84. The Labute approximate surface area is 129 Å². The maximum absolute atomic E-state index is 12.3. The molecule has 110 valence electrons. The molecule has 0 aliphatic carbocycles. The van der Waals surface area contributed by atoms with E-state index in [-0.39, 0.29) is 12.5 Å². The third-order valence-corrected chi connectivity index (χ3v) is 3.59. The molecule has 0 saturated carbocycles. The van der Waals surface area contributed by atoms with Gasteiger partial charge >= 0.3 is 0 Å². The number of carbonyl (C=O) groups is 1. The summed E-state index contributed by atoms with van der Waals surface area (Å²) in [5.74, 6) is -0.185. The van der Waals surface area contributed by atoms with Gasteiger partial charge in [0.1, 0.15) is 0 Å². The van der Waals surface area contributed by atoms with Gasteiger partial charge in [0.15, 0.2) is 0 Å². The van der Waals surface area contributed by atoms with Gasteiger partial charge < -0.3 is 0 Å². The van der Waals surface area contributed by atoms with Crippen molar-refractivity contribution in [2.75, 3.05) is 0 Å². The zero-order valence-electron chi connectivity index (χ0n) is 12.1. The highest BCUT2D eigenvalue weighted by atomic mass is 35.5. The summed E-state index contributed by atoms with van der Waals surface area (Å²) in [4.78, 5) is 17.5. The lowest BCUT2D eigenvalue weighted by Gasteiger charge is -2.23. The summed E-state index contributed by atoms with van der Waals surface area (Å²) in [7, 11) is 0. The lowest BCUT2D eigenvalue weighted by molar-refractivity contribution is -0.139. The number of halogens is 1. The topological polar surface area (TPSA) is 38.3 Å². The van der Waals surface area contributed by atoms with Crippen molar-refractivity contribution >= 4 is 17.5 Å². The van der Waals surface area contributed by atoms with E-state index in [1.165, 1.54) is 0 Å². The molecule has 0 saturated heterocycles. The van der Waals surface area contributed by atoms with Crippen molar-refractivity contribution in [3.05, 3.63) is 70.7 Å². The smallest absolute Gasteiger partial charge is 0.253 e. The second kappa shape index (κ2) is 6.74. The van der Waals surface area contributed by atoms with E-state index in [2.05, 4.69) is 5.48 Å². The quantitative estimate of drug-likeness (QED) is 0.852. The normalized spacial score (nSPS) is 11.2. The van der Waals surface area contributed by atoms with E-state index >= 15 is 0 Å². The third-order valence-electron chi connectivity index (χ3n) is 3.36. The van der Waals surface area contributed by atoms with Crippen LogP contribution in [0.4, 0.5) is 0 Å². The molecule has 0 spiro atoms. The van der Waals surface area contributed by atoms with Crippen LogP contribution in [-0.4, -0.2) is 5.91 Å². The summed E-state index contributed by atoms with van der Waals surface area (Å²) in [5.41, 5.74) is 3.69. The van der Waals surface area contributed by atoms with Gasteiger partial charge in [-0.3, -0.25) is 9.63 Å². The molecule has 0 aliphatic rings. The molecule has 4 heteroatoms. The van der Waals surface area contributed by atoms with Crippen molar-refractivity contribution in [1.29, 1.82) is 0 Å². The van der Waals surface area contributed by atoms with Crippen LogP contribution in [0, 0.1) is 0 Å². The standard InChI is InChI=1S/C17H18ClNO2/c1-17(2,14-8-4-3-5-9-14)16(20)19-21-12-13-7-6-10-15(18)11-13/h3-11H,12H2,1-2H3,(H,19,20). The minimum atomic E-state index is -0.657. The lowest BCUT2D eigenvalue weighted by atomic mass is 9.84. The highest BCUT2D eigenvalue weighted by Gasteiger charge is 2.29. The Balaban J connectivity index is 1.93. The molecule has 0 aromatic heterocycles. The van der Waals surface area contributed by atoms with Gasteiger partial charge in [-0.1, -0.05) is 54.1 Å². The maximum Gasteiger partial charge on any atom is 0.253 e. The SMILES string of the molecule is CC(C)(C(=O)NOCc1cccc(Cl)c1)c1ccccc1. The molecule has 2 aromatic rings. The van der Waals surface area contributed by atoms with Gasteiger partial charge in [-0.05, 0) is 37.1 Å². The van der Waals surface area contributed by atoms with Crippen LogP contribution in [0.25, 0.3) is 0 Å². The van der Waals surface area contributed by atoms with Crippen LogP contribution in [-0.2, 0) is 21.7 Å². The number of hydrogen-bond donors (Lipinski definition) is 1. The molecule has 0 fully saturated rings. The average Bonchev–Trinajstić information content (AvgIpc) is 2.48. The first-order valence-corrected chi connectivity index (χ1v) is 7.10. The van der Waals surface area contributed by atoms with Gasteiger partial charge in [0.25, 0.3) is 5.91 Å². The van der Waals surface area contributed by atoms with Gasteiger partial charge in [0, 0.05) is 5.02 Å². The molecule has 1 amide bonds. The monoisotopic (exact) mass is 303 g/mol. The predicted octanol–water partition coefficient (Wildman–Crippen LogP) is 3.87. The Morgan fingerprint density at radius 1 is 1.14 bits per heavy atom. The zero-order valence-corrected chi connectivity index (χ0v) is 12.9. The molecular weight excluding hydrogens is 286 g/mol. The van der Waals surface area contributed by atoms with E-state index in [9.17, 15) is 4.79 Å². The van der Waals surface area contributed by atoms with Gasteiger partial charge in [-0.2, -0.15) is 0 Å². The number of hydrogen-bond acceptors (Lipinski definition) is 2. The number of carbonyl (C=O) groups excluding carboxylic acids is 1. The van der Waals surface area contributed by atoms with Gasteiger partial charge in [0.2, 0.25) is 0 Å². The summed E-state index contributed by atoms with van der Waals surface area (Å²) in [6.07, 6.45) is 0. The number of amides is 1. The number of benzene rings is 2. The molecule has 21 heavy (non-hydrogen) atoms. The van der Waals surface area contributed by atoms with E-state index < -0.39 is 5.41 Å². The molecule has 0 radical (unpaired) electrons. The van der Waals surface area contributed by atoms with E-state index in [1.807, 2.05) is 56.3 Å². The largest absolute Gasteiger partial charge is 0.272 e. The Bertz CT molecular complexity index is 611. The summed E-state index contributed by atoms with van der Waals surface area (Å²) in [6.45, 7) is 4.00. The highest BCUT2D eigenvalue weighted by molar-refractivity contribution is 6.30. The van der Waals surface area contributed by atoms with Crippen molar-refractivity contribution in [3.63, 3.8) is 0 Å². The molecule has 2 rings (SSSR count). The van der Waals surface area contributed by atoms with Crippen LogP contribution in [0.2, 0.25) is 5.02 Å². The molecule has 3 nitrogen and oxygen atoms in total. The minimum absolute atomic E-state index is 0.185. The summed E-state index contributed by atoms with van der Waals surface area (Å²) >= 11 is 5.90. The van der Waals surface area contributed by atoms with Gasteiger partial charge in [-0.15, -0.1) is 0 Å².